The number of halogens is 2. The van der Waals surface area contributed by atoms with Crippen LogP contribution in [0.4, 0.5) is 5.69 Å². The molecule has 0 aliphatic carbocycles. The fourth-order valence-electron chi connectivity index (χ4n) is 2.85. The van der Waals surface area contributed by atoms with Crippen LogP contribution in [0.5, 0.6) is 0 Å². The summed E-state index contributed by atoms with van der Waals surface area (Å²) >= 11 is 12.3. The lowest BCUT2D eigenvalue weighted by molar-refractivity contribution is 0.596. The van der Waals surface area contributed by atoms with Gasteiger partial charge in [-0.2, -0.15) is 0 Å². The first-order valence-corrected chi connectivity index (χ1v) is 11.5. The molecule has 1 N–H and O–H groups in total. The Hall–Kier alpha value is -2.28. The lowest BCUT2D eigenvalue weighted by atomic mass is 10.1. The highest BCUT2D eigenvalue weighted by Crippen LogP contribution is 2.30. The van der Waals surface area contributed by atoms with Crippen molar-refractivity contribution in [3.05, 3.63) is 76.7 Å². The van der Waals surface area contributed by atoms with Crippen LogP contribution in [-0.4, -0.2) is 24.6 Å². The Balaban J connectivity index is 1.91. The number of aromatic amines is 1. The van der Waals surface area contributed by atoms with Gasteiger partial charge in [0.05, 0.1) is 40.4 Å². The fourth-order valence-corrected chi connectivity index (χ4v) is 4.11. The van der Waals surface area contributed by atoms with Gasteiger partial charge < -0.3 is 4.98 Å². The molecule has 0 amide bonds. The number of H-pyrrole nitrogens is 1. The summed E-state index contributed by atoms with van der Waals surface area (Å²) in [4.78, 5) is 7.58. The van der Waals surface area contributed by atoms with Gasteiger partial charge in [-0.25, -0.2) is 13.4 Å². The van der Waals surface area contributed by atoms with Gasteiger partial charge in [-0.15, -0.1) is 0 Å². The largest absolute Gasteiger partial charge is 0.338 e. The van der Waals surface area contributed by atoms with E-state index in [0.717, 1.165) is 35.3 Å². The maximum Gasteiger partial charge on any atom is 0.232 e. The third kappa shape index (κ3) is 4.83. The van der Waals surface area contributed by atoms with E-state index in [2.05, 4.69) is 16.5 Å². The highest BCUT2D eigenvalue weighted by Gasteiger charge is 2.20. The van der Waals surface area contributed by atoms with Crippen molar-refractivity contribution in [2.24, 2.45) is 0 Å². The standard InChI is InChI=1S/C21H21Cl2N3O2S/c1-4-14(2)21-24-12-19(25-21)15-8-10-17(11-9-15)26(29(3,27)28)13-16-6-5-7-18(22)20(16)23/h5-12H,2,4,13H2,1,3H3,(H,24,25). The Morgan fingerprint density at radius 2 is 1.86 bits per heavy atom. The normalized spacial score (nSPS) is 11.4. The van der Waals surface area contributed by atoms with Crippen LogP contribution in [0.15, 0.2) is 55.2 Å². The summed E-state index contributed by atoms with van der Waals surface area (Å²) < 4.78 is 26.1. The maximum atomic E-state index is 12.4. The predicted octanol–water partition coefficient (Wildman–Crippen LogP) is 5.77. The molecule has 1 aromatic heterocycles. The van der Waals surface area contributed by atoms with Crippen LogP contribution < -0.4 is 4.31 Å². The summed E-state index contributed by atoms with van der Waals surface area (Å²) in [5, 5.41) is 0.734. The van der Waals surface area contributed by atoms with Crippen LogP contribution in [0.3, 0.4) is 0 Å². The Kier molecular flexibility index (Phi) is 6.36. The van der Waals surface area contributed by atoms with E-state index in [-0.39, 0.29) is 6.54 Å². The van der Waals surface area contributed by atoms with Crippen molar-refractivity contribution in [3.8, 4) is 11.3 Å². The number of allylic oxidation sites excluding steroid dienone is 1. The van der Waals surface area contributed by atoms with Crippen molar-refractivity contribution in [2.75, 3.05) is 10.6 Å². The average Bonchev–Trinajstić information content (AvgIpc) is 3.18. The highest BCUT2D eigenvalue weighted by molar-refractivity contribution is 7.92. The topological polar surface area (TPSA) is 66.1 Å². The number of imidazole rings is 1. The van der Waals surface area contributed by atoms with E-state index in [9.17, 15) is 8.42 Å². The van der Waals surface area contributed by atoms with Crippen LogP contribution in [0.2, 0.25) is 10.0 Å². The van der Waals surface area contributed by atoms with Gasteiger partial charge in [-0.1, -0.05) is 61.0 Å². The van der Waals surface area contributed by atoms with Crippen LogP contribution in [0.25, 0.3) is 16.8 Å². The molecule has 0 radical (unpaired) electrons. The summed E-state index contributed by atoms with van der Waals surface area (Å²) in [5.41, 5.74) is 3.82. The molecule has 0 aliphatic heterocycles. The van der Waals surface area contributed by atoms with E-state index in [4.69, 9.17) is 23.2 Å². The molecule has 0 saturated heterocycles. The summed E-state index contributed by atoms with van der Waals surface area (Å²) in [5.74, 6) is 0.750. The highest BCUT2D eigenvalue weighted by atomic mass is 35.5. The quantitative estimate of drug-likeness (QED) is 0.497. The van der Waals surface area contributed by atoms with Gasteiger partial charge in [0.2, 0.25) is 10.0 Å². The Morgan fingerprint density at radius 3 is 2.48 bits per heavy atom. The first-order valence-electron chi connectivity index (χ1n) is 8.95. The number of anilines is 1. The number of benzene rings is 2. The second-order valence-corrected chi connectivity index (χ2v) is 9.32. The second-order valence-electron chi connectivity index (χ2n) is 6.63. The first-order chi connectivity index (χ1) is 13.7. The minimum atomic E-state index is -3.53. The van der Waals surface area contributed by atoms with Gasteiger partial charge in [0.1, 0.15) is 5.82 Å². The molecule has 5 nitrogen and oxygen atoms in total. The number of aromatic nitrogens is 2. The summed E-state index contributed by atoms with van der Waals surface area (Å²) in [6.45, 7) is 6.09. The van der Waals surface area contributed by atoms with Crippen molar-refractivity contribution in [3.63, 3.8) is 0 Å². The number of hydrogen-bond donors (Lipinski definition) is 1. The van der Waals surface area contributed by atoms with Crippen molar-refractivity contribution in [1.82, 2.24) is 9.97 Å². The number of hydrogen-bond acceptors (Lipinski definition) is 3. The second kappa shape index (κ2) is 8.61. The first kappa shape index (κ1) is 21.4. The van der Waals surface area contributed by atoms with Crippen LogP contribution in [-0.2, 0) is 16.6 Å². The summed E-state index contributed by atoms with van der Waals surface area (Å²) in [7, 11) is -3.53. The molecule has 2 aromatic carbocycles. The summed E-state index contributed by atoms with van der Waals surface area (Å²) in [6, 6.07) is 12.4. The average molecular weight is 450 g/mol. The molecule has 152 valence electrons. The lowest BCUT2D eigenvalue weighted by Gasteiger charge is -2.23. The van der Waals surface area contributed by atoms with Crippen LogP contribution >= 0.6 is 23.2 Å². The van der Waals surface area contributed by atoms with Crippen molar-refractivity contribution in [2.45, 2.75) is 19.9 Å². The van der Waals surface area contributed by atoms with Crippen LogP contribution in [0, 0.1) is 0 Å². The zero-order valence-electron chi connectivity index (χ0n) is 16.1. The van der Waals surface area contributed by atoms with Gasteiger partial charge in [-0.05, 0) is 41.3 Å². The molecule has 0 atom stereocenters. The minimum Gasteiger partial charge on any atom is -0.338 e. The SMILES string of the molecule is C=C(CC)c1ncc(-c2ccc(N(Cc3cccc(Cl)c3Cl)S(C)(=O)=O)cc2)[nH]1. The maximum absolute atomic E-state index is 12.4. The zero-order chi connectivity index (χ0) is 21.2. The summed E-state index contributed by atoms with van der Waals surface area (Å²) in [6.07, 6.45) is 3.71. The van der Waals surface area contributed by atoms with Crippen molar-refractivity contribution >= 4 is 44.5 Å². The van der Waals surface area contributed by atoms with E-state index in [1.54, 1.807) is 36.5 Å². The van der Waals surface area contributed by atoms with E-state index in [1.807, 2.05) is 19.1 Å². The lowest BCUT2D eigenvalue weighted by Crippen LogP contribution is -2.29. The predicted molar refractivity (Wildman–Crippen MR) is 121 cm³/mol. The van der Waals surface area contributed by atoms with Gasteiger partial charge in [0.25, 0.3) is 0 Å². The van der Waals surface area contributed by atoms with E-state index in [0.29, 0.717) is 21.3 Å². The van der Waals surface area contributed by atoms with Gasteiger partial charge >= 0.3 is 0 Å². The molecule has 0 unspecified atom stereocenters. The minimum absolute atomic E-state index is 0.0854. The Labute approximate surface area is 181 Å². The number of rotatable bonds is 7. The van der Waals surface area contributed by atoms with Gasteiger partial charge in [-0.3, -0.25) is 4.31 Å². The molecule has 0 aliphatic rings. The molecular formula is C21H21Cl2N3O2S. The van der Waals surface area contributed by atoms with Crippen LogP contribution in [0.1, 0.15) is 24.7 Å². The molecule has 1 heterocycles. The fraction of sp³-hybridized carbons (Fsp3) is 0.190. The number of nitrogens with zero attached hydrogens (tertiary/aromatic N) is 2. The molecule has 3 rings (SSSR count). The van der Waals surface area contributed by atoms with Gasteiger partial charge in [0, 0.05) is 0 Å². The molecule has 8 heteroatoms. The molecule has 3 aromatic rings. The molecule has 0 fully saturated rings. The molecular weight excluding hydrogens is 429 g/mol. The van der Waals surface area contributed by atoms with E-state index >= 15 is 0 Å². The molecule has 0 saturated carbocycles. The Morgan fingerprint density at radius 1 is 1.17 bits per heavy atom. The van der Waals surface area contributed by atoms with E-state index < -0.39 is 10.0 Å². The zero-order valence-corrected chi connectivity index (χ0v) is 18.4. The number of sulfonamides is 1. The molecule has 29 heavy (non-hydrogen) atoms. The smallest absolute Gasteiger partial charge is 0.232 e. The third-order valence-electron chi connectivity index (χ3n) is 4.55. The third-order valence-corrected chi connectivity index (χ3v) is 6.55. The monoisotopic (exact) mass is 449 g/mol. The Bertz CT molecular complexity index is 1140. The number of nitrogens with one attached hydrogen (secondary N) is 1. The van der Waals surface area contributed by atoms with Crippen molar-refractivity contribution in [1.29, 1.82) is 0 Å². The van der Waals surface area contributed by atoms with E-state index in [1.165, 1.54) is 4.31 Å². The molecule has 0 bridgehead atoms. The van der Waals surface area contributed by atoms with Crippen molar-refractivity contribution < 1.29 is 8.42 Å². The van der Waals surface area contributed by atoms with Gasteiger partial charge in [0.15, 0.2) is 0 Å². The molecule has 0 spiro atoms.